The summed E-state index contributed by atoms with van der Waals surface area (Å²) in [6.07, 6.45) is 2.62. The molecule has 0 saturated carbocycles. The molecule has 0 radical (unpaired) electrons. The molecular weight excluding hydrogens is 228 g/mol. The lowest BCUT2D eigenvalue weighted by Crippen LogP contribution is -2.55. The van der Waals surface area contributed by atoms with Crippen LogP contribution < -0.4 is 0 Å². The Morgan fingerprint density at radius 3 is 2.31 bits per heavy atom. The first-order valence-corrected chi connectivity index (χ1v) is 7.02. The fraction of sp³-hybridized carbons (Fsp3) is 0.800. The van der Waals surface area contributed by atoms with Crippen LogP contribution >= 0.6 is 0 Å². The zero-order chi connectivity index (χ0) is 12.0. The van der Waals surface area contributed by atoms with Gasteiger partial charge in [-0.25, -0.2) is 0 Å². The molecule has 2 unspecified atom stereocenters. The van der Waals surface area contributed by atoms with E-state index in [1.807, 2.05) is 0 Å². The van der Waals surface area contributed by atoms with Gasteiger partial charge in [-0.1, -0.05) is 6.08 Å². The van der Waals surface area contributed by atoms with Gasteiger partial charge >= 0.3 is 8.80 Å². The molecule has 0 aromatic rings. The summed E-state index contributed by atoms with van der Waals surface area (Å²) in [6.45, 7) is 5.02. The lowest BCUT2D eigenvalue weighted by Gasteiger charge is -2.31. The van der Waals surface area contributed by atoms with Crippen LogP contribution in [0.3, 0.4) is 0 Å². The summed E-state index contributed by atoms with van der Waals surface area (Å²) in [5.74, 6) is 0. The first-order valence-electron chi connectivity index (χ1n) is 5.22. The number of hydrogen-bond acceptors (Lipinski definition) is 5. The second-order valence-corrected chi connectivity index (χ2v) is 6.59. The van der Waals surface area contributed by atoms with Gasteiger partial charge in [-0.05, 0) is 6.42 Å². The predicted octanol–water partition coefficient (Wildman–Crippen LogP) is 0.764. The minimum atomic E-state index is -2.76. The van der Waals surface area contributed by atoms with Crippen LogP contribution in [0.5, 0.6) is 0 Å². The molecule has 6 heteroatoms. The van der Waals surface area contributed by atoms with Crippen LogP contribution in [0.15, 0.2) is 12.7 Å². The normalized spacial score (nSPS) is 21.8. The first kappa shape index (κ1) is 13.8. The average Bonchev–Trinajstić information content (AvgIpc) is 3.12. The smallest absolute Gasteiger partial charge is 0.375 e. The van der Waals surface area contributed by atoms with Crippen molar-refractivity contribution in [1.82, 2.24) is 0 Å². The van der Waals surface area contributed by atoms with Gasteiger partial charge in [0.1, 0.15) is 11.8 Å². The lowest BCUT2D eigenvalue weighted by atomic mass is 10.4. The Labute approximate surface area is 97.6 Å². The van der Waals surface area contributed by atoms with Crippen molar-refractivity contribution in [3.8, 4) is 0 Å². The maximum atomic E-state index is 5.74. The molecule has 0 N–H and O–H groups in total. The molecule has 1 rings (SSSR count). The molecular formula is C10H20O5Si. The summed E-state index contributed by atoms with van der Waals surface area (Å²) in [7, 11) is 1.97. The van der Waals surface area contributed by atoms with Gasteiger partial charge < -0.3 is 22.8 Å². The van der Waals surface area contributed by atoms with Crippen molar-refractivity contribution in [3.05, 3.63) is 12.7 Å². The molecule has 2 atom stereocenters. The third-order valence-electron chi connectivity index (χ3n) is 2.51. The van der Waals surface area contributed by atoms with Crippen LogP contribution in [-0.4, -0.2) is 55.2 Å². The highest BCUT2D eigenvalue weighted by Gasteiger charge is 2.48. The van der Waals surface area contributed by atoms with Gasteiger partial charge in [0.2, 0.25) is 0 Å². The van der Waals surface area contributed by atoms with E-state index in [0.717, 1.165) is 6.61 Å². The molecule has 0 aromatic heterocycles. The van der Waals surface area contributed by atoms with Crippen molar-refractivity contribution < 1.29 is 22.8 Å². The Balaban J connectivity index is 2.58. The molecule has 1 saturated heterocycles. The summed E-state index contributed by atoms with van der Waals surface area (Å²) in [5, 5.41) is 0. The van der Waals surface area contributed by atoms with Crippen LogP contribution in [0.4, 0.5) is 0 Å². The summed E-state index contributed by atoms with van der Waals surface area (Å²) in [5.41, 5.74) is -0.228. The van der Waals surface area contributed by atoms with E-state index in [2.05, 4.69) is 6.58 Å². The van der Waals surface area contributed by atoms with Gasteiger partial charge in [-0.3, -0.25) is 0 Å². The molecule has 1 aliphatic heterocycles. The van der Waals surface area contributed by atoms with E-state index in [0.29, 0.717) is 13.0 Å². The lowest BCUT2D eigenvalue weighted by molar-refractivity contribution is 0.00933. The van der Waals surface area contributed by atoms with Crippen molar-refractivity contribution in [2.75, 3.05) is 34.5 Å². The van der Waals surface area contributed by atoms with E-state index in [1.165, 1.54) is 0 Å². The third-order valence-corrected chi connectivity index (χ3v) is 5.41. The Morgan fingerprint density at radius 2 is 1.94 bits per heavy atom. The van der Waals surface area contributed by atoms with Gasteiger partial charge in [-0.2, -0.15) is 0 Å². The molecule has 1 aliphatic rings. The van der Waals surface area contributed by atoms with Crippen molar-refractivity contribution in [2.45, 2.75) is 18.3 Å². The van der Waals surface area contributed by atoms with E-state index in [-0.39, 0.29) is 11.8 Å². The highest BCUT2D eigenvalue weighted by Crippen LogP contribution is 2.20. The second-order valence-electron chi connectivity index (χ2n) is 3.52. The zero-order valence-electron chi connectivity index (χ0n) is 10.1. The van der Waals surface area contributed by atoms with Crippen LogP contribution in [0, 0.1) is 0 Å². The molecule has 0 aliphatic carbocycles. The first-order chi connectivity index (χ1) is 7.72. The van der Waals surface area contributed by atoms with Crippen molar-refractivity contribution in [2.24, 2.45) is 0 Å². The summed E-state index contributed by atoms with van der Waals surface area (Å²) in [6, 6.07) is 0. The maximum absolute atomic E-state index is 5.74. The average molecular weight is 248 g/mol. The van der Waals surface area contributed by atoms with E-state index >= 15 is 0 Å². The minimum Gasteiger partial charge on any atom is -0.375 e. The zero-order valence-corrected chi connectivity index (χ0v) is 11.1. The van der Waals surface area contributed by atoms with Gasteiger partial charge in [0.05, 0.1) is 13.2 Å². The van der Waals surface area contributed by atoms with Crippen molar-refractivity contribution in [3.63, 3.8) is 0 Å². The quantitative estimate of drug-likeness (QED) is 0.342. The van der Waals surface area contributed by atoms with Crippen molar-refractivity contribution >= 4 is 8.80 Å². The van der Waals surface area contributed by atoms with Gasteiger partial charge in [-0.15, -0.1) is 6.58 Å². The highest BCUT2D eigenvalue weighted by molar-refractivity contribution is 6.62. The minimum absolute atomic E-state index is 0.213. The van der Waals surface area contributed by atoms with E-state index in [4.69, 9.17) is 22.8 Å². The van der Waals surface area contributed by atoms with Gasteiger partial charge in [0.25, 0.3) is 0 Å². The maximum Gasteiger partial charge on any atom is 0.530 e. The number of ether oxygens (including phenoxy) is 2. The van der Waals surface area contributed by atoms with E-state index in [1.54, 1.807) is 27.4 Å². The summed E-state index contributed by atoms with van der Waals surface area (Å²) >= 11 is 0. The molecule has 94 valence electrons. The van der Waals surface area contributed by atoms with Crippen LogP contribution in [-0.2, 0) is 22.8 Å². The standard InChI is InChI=1S/C10H20O5Si/c1-5-6-10(15-8-9-7-14-9)16(11-2,12-3)13-4/h5,9-10H,1,6-8H2,2-4H3. The predicted molar refractivity (Wildman–Crippen MR) is 61.1 cm³/mol. The molecule has 0 bridgehead atoms. The molecule has 0 spiro atoms. The molecule has 0 amide bonds. The molecule has 0 aromatic carbocycles. The number of epoxide rings is 1. The van der Waals surface area contributed by atoms with Crippen LogP contribution in [0.25, 0.3) is 0 Å². The number of hydrogen-bond donors (Lipinski definition) is 0. The summed E-state index contributed by atoms with van der Waals surface area (Å²) in [4.78, 5) is 0. The Kier molecular flexibility index (Phi) is 5.60. The summed E-state index contributed by atoms with van der Waals surface area (Å²) < 4.78 is 27.0. The Bertz CT molecular complexity index is 207. The highest BCUT2D eigenvalue weighted by atomic mass is 28.4. The van der Waals surface area contributed by atoms with Gasteiger partial charge in [0.15, 0.2) is 0 Å². The monoisotopic (exact) mass is 248 g/mol. The second kappa shape index (κ2) is 6.48. The number of rotatable bonds is 9. The SMILES string of the molecule is C=CCC(OCC1CO1)[Si](OC)(OC)OC. The Hall–Kier alpha value is -0.243. The van der Waals surface area contributed by atoms with Crippen LogP contribution in [0.1, 0.15) is 6.42 Å². The van der Waals surface area contributed by atoms with Crippen LogP contribution in [0.2, 0.25) is 0 Å². The molecule has 1 heterocycles. The molecule has 16 heavy (non-hydrogen) atoms. The van der Waals surface area contributed by atoms with E-state index in [9.17, 15) is 0 Å². The Morgan fingerprint density at radius 1 is 1.38 bits per heavy atom. The molecule has 5 nitrogen and oxygen atoms in total. The topological polar surface area (TPSA) is 49.5 Å². The van der Waals surface area contributed by atoms with E-state index < -0.39 is 8.80 Å². The fourth-order valence-corrected chi connectivity index (χ4v) is 3.54. The fourth-order valence-electron chi connectivity index (χ4n) is 1.50. The third kappa shape index (κ3) is 3.37. The largest absolute Gasteiger partial charge is 0.530 e. The molecule has 1 fully saturated rings. The van der Waals surface area contributed by atoms with Crippen molar-refractivity contribution in [1.29, 1.82) is 0 Å². The van der Waals surface area contributed by atoms with Gasteiger partial charge in [0, 0.05) is 21.3 Å².